The molecule has 0 radical (unpaired) electrons. The Balaban J connectivity index is 1.61. The summed E-state index contributed by atoms with van der Waals surface area (Å²) in [6.07, 6.45) is 1.55. The van der Waals surface area contributed by atoms with E-state index in [1.807, 2.05) is 0 Å². The van der Waals surface area contributed by atoms with Crippen LogP contribution in [0.25, 0.3) is 17.4 Å². The number of hydrogen-bond acceptors (Lipinski definition) is 6. The highest BCUT2D eigenvalue weighted by Gasteiger charge is 2.33. The standard InChI is InChI=1S/C22H13NO6S2/c24-19-18(31-22(30)23(19)15-6-2-5-14(10-15)21(27)28)11-16-7-8-17(29-16)12-3-1-4-13(9-12)20(25)26/h1-11H,(H,25,26)(H,27,28). The zero-order chi connectivity index (χ0) is 22.1. The fraction of sp³-hybridized carbons (Fsp3) is 0. The van der Waals surface area contributed by atoms with Gasteiger partial charge in [0.15, 0.2) is 4.32 Å². The van der Waals surface area contributed by atoms with Crippen LogP contribution in [0.1, 0.15) is 26.5 Å². The molecule has 0 atom stereocenters. The number of benzene rings is 2. The van der Waals surface area contributed by atoms with E-state index in [0.717, 1.165) is 11.8 Å². The van der Waals surface area contributed by atoms with Crippen LogP contribution in [-0.2, 0) is 4.79 Å². The lowest BCUT2D eigenvalue weighted by Crippen LogP contribution is -2.27. The van der Waals surface area contributed by atoms with Gasteiger partial charge in [-0.05, 0) is 42.5 Å². The summed E-state index contributed by atoms with van der Waals surface area (Å²) in [5.41, 5.74) is 1.16. The Labute approximate surface area is 185 Å². The third-order valence-corrected chi connectivity index (χ3v) is 5.74. The third kappa shape index (κ3) is 4.14. The Morgan fingerprint density at radius 2 is 1.65 bits per heavy atom. The molecule has 2 N–H and O–H groups in total. The number of thiocarbonyl (C=S) groups is 1. The topological polar surface area (TPSA) is 108 Å². The predicted molar refractivity (Wildman–Crippen MR) is 120 cm³/mol. The molecule has 4 rings (SSSR count). The molecule has 1 aliphatic rings. The summed E-state index contributed by atoms with van der Waals surface area (Å²) in [6.45, 7) is 0. The second kappa shape index (κ2) is 8.21. The van der Waals surface area contributed by atoms with Gasteiger partial charge in [0.05, 0.1) is 21.7 Å². The van der Waals surface area contributed by atoms with E-state index in [1.54, 1.807) is 42.5 Å². The summed E-state index contributed by atoms with van der Waals surface area (Å²) in [6, 6.07) is 15.7. The molecule has 0 saturated carbocycles. The minimum absolute atomic E-state index is 0.0507. The van der Waals surface area contributed by atoms with Gasteiger partial charge in [-0.1, -0.05) is 42.2 Å². The second-order valence-electron chi connectivity index (χ2n) is 6.46. The lowest BCUT2D eigenvalue weighted by Gasteiger charge is -2.14. The fourth-order valence-corrected chi connectivity index (χ4v) is 4.27. The average molecular weight is 451 g/mol. The molecule has 2 heterocycles. The number of furan rings is 1. The lowest BCUT2D eigenvalue weighted by atomic mass is 10.1. The summed E-state index contributed by atoms with van der Waals surface area (Å²) < 4.78 is 6.04. The van der Waals surface area contributed by atoms with E-state index in [2.05, 4.69) is 0 Å². The van der Waals surface area contributed by atoms with Crippen molar-refractivity contribution in [3.63, 3.8) is 0 Å². The van der Waals surface area contributed by atoms with Crippen molar-refractivity contribution >= 4 is 57.9 Å². The van der Waals surface area contributed by atoms with Gasteiger partial charge in [-0.2, -0.15) is 0 Å². The second-order valence-corrected chi connectivity index (χ2v) is 8.14. The van der Waals surface area contributed by atoms with Crippen LogP contribution in [0, 0.1) is 0 Å². The molecular weight excluding hydrogens is 438 g/mol. The average Bonchev–Trinajstić information content (AvgIpc) is 3.32. The zero-order valence-electron chi connectivity index (χ0n) is 15.6. The van der Waals surface area contributed by atoms with Crippen LogP contribution in [0.4, 0.5) is 5.69 Å². The summed E-state index contributed by atoms with van der Waals surface area (Å²) in [4.78, 5) is 36.9. The minimum atomic E-state index is -1.10. The van der Waals surface area contributed by atoms with Crippen LogP contribution >= 0.6 is 24.0 Å². The van der Waals surface area contributed by atoms with E-state index in [4.69, 9.17) is 21.7 Å². The van der Waals surface area contributed by atoms with Crippen LogP contribution in [0.2, 0.25) is 0 Å². The van der Waals surface area contributed by atoms with Crippen LogP contribution < -0.4 is 4.90 Å². The SMILES string of the molecule is O=C(O)c1cccc(-c2ccc(C=C3SC(=S)N(c4cccc(C(=O)O)c4)C3=O)o2)c1. The van der Waals surface area contributed by atoms with Gasteiger partial charge in [-0.15, -0.1) is 0 Å². The van der Waals surface area contributed by atoms with Crippen LogP contribution in [0.15, 0.2) is 70.0 Å². The first-order valence-electron chi connectivity index (χ1n) is 8.88. The van der Waals surface area contributed by atoms with Crippen LogP contribution in [-0.4, -0.2) is 32.4 Å². The maximum Gasteiger partial charge on any atom is 0.335 e. The summed E-state index contributed by atoms with van der Waals surface area (Å²) in [7, 11) is 0. The summed E-state index contributed by atoms with van der Waals surface area (Å²) in [5.74, 6) is -1.67. The maximum absolute atomic E-state index is 12.9. The predicted octanol–water partition coefficient (Wildman–Crippen LogP) is 4.75. The first-order chi connectivity index (χ1) is 14.8. The molecule has 31 heavy (non-hydrogen) atoms. The van der Waals surface area contributed by atoms with Gasteiger partial charge in [0.25, 0.3) is 5.91 Å². The quantitative estimate of drug-likeness (QED) is 0.423. The number of hydrogen-bond donors (Lipinski definition) is 2. The van der Waals surface area contributed by atoms with E-state index < -0.39 is 11.9 Å². The zero-order valence-corrected chi connectivity index (χ0v) is 17.3. The van der Waals surface area contributed by atoms with Crippen LogP contribution in [0.3, 0.4) is 0 Å². The van der Waals surface area contributed by atoms with Gasteiger partial charge in [-0.25, -0.2) is 9.59 Å². The van der Waals surface area contributed by atoms with E-state index in [9.17, 15) is 19.5 Å². The van der Waals surface area contributed by atoms with E-state index in [-0.39, 0.29) is 21.4 Å². The fourth-order valence-electron chi connectivity index (χ4n) is 2.99. The Morgan fingerprint density at radius 3 is 2.35 bits per heavy atom. The molecule has 0 unspecified atom stereocenters. The highest BCUT2D eigenvalue weighted by atomic mass is 32.2. The van der Waals surface area contributed by atoms with Gasteiger partial charge in [-0.3, -0.25) is 9.69 Å². The van der Waals surface area contributed by atoms with Gasteiger partial charge in [0.1, 0.15) is 11.5 Å². The molecule has 1 saturated heterocycles. The summed E-state index contributed by atoms with van der Waals surface area (Å²) >= 11 is 6.40. The monoisotopic (exact) mass is 451 g/mol. The van der Waals surface area contributed by atoms with Crippen LogP contribution in [0.5, 0.6) is 0 Å². The molecule has 0 bridgehead atoms. The van der Waals surface area contributed by atoms with E-state index >= 15 is 0 Å². The molecule has 1 aliphatic heterocycles. The number of nitrogens with zero attached hydrogens (tertiary/aromatic N) is 1. The Bertz CT molecular complexity index is 1280. The smallest absolute Gasteiger partial charge is 0.335 e. The number of thioether (sulfide) groups is 1. The highest BCUT2D eigenvalue weighted by molar-refractivity contribution is 8.27. The molecule has 1 aromatic heterocycles. The molecule has 0 spiro atoms. The van der Waals surface area contributed by atoms with Crippen molar-refractivity contribution in [2.45, 2.75) is 0 Å². The van der Waals surface area contributed by atoms with Crippen molar-refractivity contribution in [1.29, 1.82) is 0 Å². The number of carbonyl (C=O) groups is 3. The highest BCUT2D eigenvalue weighted by Crippen LogP contribution is 2.37. The molecule has 2 aromatic carbocycles. The molecule has 154 valence electrons. The van der Waals surface area contributed by atoms with Gasteiger partial charge in [0, 0.05) is 11.6 Å². The lowest BCUT2D eigenvalue weighted by molar-refractivity contribution is -0.113. The number of carboxylic acid groups (broad SMARTS) is 2. The van der Waals surface area contributed by atoms with Gasteiger partial charge < -0.3 is 14.6 Å². The van der Waals surface area contributed by atoms with Crippen molar-refractivity contribution in [3.8, 4) is 11.3 Å². The molecule has 1 fully saturated rings. The van der Waals surface area contributed by atoms with Crippen molar-refractivity contribution < 1.29 is 29.0 Å². The molecule has 1 amide bonds. The van der Waals surface area contributed by atoms with Gasteiger partial charge in [0.2, 0.25) is 0 Å². The number of carbonyl (C=O) groups excluding carboxylic acids is 1. The Morgan fingerprint density at radius 1 is 0.968 bits per heavy atom. The van der Waals surface area contributed by atoms with E-state index in [0.29, 0.717) is 27.7 Å². The summed E-state index contributed by atoms with van der Waals surface area (Å²) in [5, 5.41) is 18.3. The number of rotatable bonds is 5. The minimum Gasteiger partial charge on any atom is -0.478 e. The Hall–Kier alpha value is -3.69. The number of aromatic carboxylic acids is 2. The normalized spacial score (nSPS) is 15.0. The van der Waals surface area contributed by atoms with Gasteiger partial charge >= 0.3 is 11.9 Å². The Kier molecular flexibility index (Phi) is 5.45. The van der Waals surface area contributed by atoms with Crippen molar-refractivity contribution in [3.05, 3.63) is 82.5 Å². The molecule has 0 aliphatic carbocycles. The van der Waals surface area contributed by atoms with E-state index in [1.165, 1.54) is 29.2 Å². The molecule has 3 aromatic rings. The number of amides is 1. The maximum atomic E-state index is 12.9. The molecule has 7 nitrogen and oxygen atoms in total. The largest absolute Gasteiger partial charge is 0.478 e. The number of carboxylic acids is 2. The molecular formula is C22H13NO6S2. The first kappa shape index (κ1) is 20.6. The number of anilines is 1. The molecule has 9 heteroatoms. The van der Waals surface area contributed by atoms with Crippen molar-refractivity contribution in [2.75, 3.05) is 4.90 Å². The van der Waals surface area contributed by atoms with Crippen molar-refractivity contribution in [2.24, 2.45) is 0 Å². The third-order valence-electron chi connectivity index (χ3n) is 4.44. The van der Waals surface area contributed by atoms with Crippen molar-refractivity contribution in [1.82, 2.24) is 0 Å². The first-order valence-corrected chi connectivity index (χ1v) is 10.1.